The number of halogens is 1. The second-order valence-electron chi connectivity index (χ2n) is 2.62. The third-order valence-electron chi connectivity index (χ3n) is 2.00. The Morgan fingerprint density at radius 3 is 2.70 bits per heavy atom. The average Bonchev–Trinajstić information content (AvgIpc) is 2.33. The molecule has 0 aromatic rings. The van der Waals surface area contributed by atoms with Crippen LogP contribution < -0.4 is 21.7 Å². The van der Waals surface area contributed by atoms with Gasteiger partial charge in [0.15, 0.2) is 0 Å². The van der Waals surface area contributed by atoms with Crippen molar-refractivity contribution in [2.75, 3.05) is 13.1 Å². The van der Waals surface area contributed by atoms with Gasteiger partial charge in [0.2, 0.25) is 0 Å². The molecule has 2 atom stereocenters. The summed E-state index contributed by atoms with van der Waals surface area (Å²) in [7, 11) is 0. The van der Waals surface area contributed by atoms with Crippen LogP contribution in [0, 0.1) is 0 Å². The SMILES string of the molecule is C1CC2NNNC2CN1.Cl. The second kappa shape index (κ2) is 3.50. The van der Waals surface area contributed by atoms with Crippen molar-refractivity contribution >= 4 is 12.4 Å². The third kappa shape index (κ3) is 1.41. The minimum absolute atomic E-state index is 0. The maximum atomic E-state index is 3.31. The van der Waals surface area contributed by atoms with Crippen molar-refractivity contribution in [1.82, 2.24) is 21.7 Å². The fourth-order valence-electron chi connectivity index (χ4n) is 1.41. The van der Waals surface area contributed by atoms with Crippen LogP contribution in [0.1, 0.15) is 6.42 Å². The molecule has 4 nitrogen and oxygen atoms in total. The summed E-state index contributed by atoms with van der Waals surface area (Å²) in [4.78, 5) is 0. The number of rotatable bonds is 0. The molecule has 0 aromatic carbocycles. The summed E-state index contributed by atoms with van der Waals surface area (Å²) in [6.45, 7) is 2.21. The maximum absolute atomic E-state index is 3.31. The van der Waals surface area contributed by atoms with E-state index in [4.69, 9.17) is 0 Å². The number of hydrogen-bond donors (Lipinski definition) is 4. The highest BCUT2D eigenvalue weighted by molar-refractivity contribution is 5.85. The zero-order valence-electron chi connectivity index (χ0n) is 5.68. The lowest BCUT2D eigenvalue weighted by atomic mass is 10.0. The van der Waals surface area contributed by atoms with Gasteiger partial charge in [0.05, 0.1) is 6.04 Å². The number of fused-ring (bicyclic) bond motifs is 1. The summed E-state index contributed by atoms with van der Waals surface area (Å²) < 4.78 is 0. The molecule has 2 heterocycles. The van der Waals surface area contributed by atoms with E-state index >= 15 is 0 Å². The molecule has 0 bridgehead atoms. The third-order valence-corrected chi connectivity index (χ3v) is 2.00. The van der Waals surface area contributed by atoms with Gasteiger partial charge in [-0.1, -0.05) is 0 Å². The zero-order valence-corrected chi connectivity index (χ0v) is 6.50. The number of hydrogen-bond acceptors (Lipinski definition) is 4. The Morgan fingerprint density at radius 2 is 1.90 bits per heavy atom. The molecule has 2 unspecified atom stereocenters. The van der Waals surface area contributed by atoms with Crippen molar-refractivity contribution < 1.29 is 0 Å². The van der Waals surface area contributed by atoms with Gasteiger partial charge in [-0.2, -0.15) is 5.53 Å². The molecule has 0 saturated carbocycles. The van der Waals surface area contributed by atoms with Gasteiger partial charge in [0.25, 0.3) is 0 Å². The van der Waals surface area contributed by atoms with Crippen molar-refractivity contribution in [3.05, 3.63) is 0 Å². The lowest BCUT2D eigenvalue weighted by Crippen LogP contribution is -2.48. The molecule has 60 valence electrons. The topological polar surface area (TPSA) is 48.1 Å². The van der Waals surface area contributed by atoms with Crippen molar-refractivity contribution in [2.24, 2.45) is 0 Å². The van der Waals surface area contributed by atoms with Gasteiger partial charge in [-0.05, 0) is 13.0 Å². The highest BCUT2D eigenvalue weighted by Crippen LogP contribution is 2.04. The van der Waals surface area contributed by atoms with E-state index in [1.807, 2.05) is 0 Å². The van der Waals surface area contributed by atoms with E-state index in [0.29, 0.717) is 12.1 Å². The molecule has 0 aliphatic carbocycles. The molecule has 5 heteroatoms. The molecule has 0 aromatic heterocycles. The Hall–Kier alpha value is 0.130. The first-order valence-corrected chi connectivity index (χ1v) is 3.43. The molecule has 2 rings (SSSR count). The van der Waals surface area contributed by atoms with Crippen LogP contribution in [0.4, 0.5) is 0 Å². The van der Waals surface area contributed by atoms with Crippen LogP contribution in [0.5, 0.6) is 0 Å². The van der Waals surface area contributed by atoms with Crippen LogP contribution in [-0.4, -0.2) is 25.2 Å². The Balaban J connectivity index is 0.000000500. The van der Waals surface area contributed by atoms with E-state index in [0.717, 1.165) is 13.1 Å². The fraction of sp³-hybridized carbons (Fsp3) is 1.00. The highest BCUT2D eigenvalue weighted by atomic mass is 35.5. The van der Waals surface area contributed by atoms with Crippen LogP contribution in [0.25, 0.3) is 0 Å². The first kappa shape index (κ1) is 8.23. The lowest BCUT2D eigenvalue weighted by Gasteiger charge is -2.23. The highest BCUT2D eigenvalue weighted by Gasteiger charge is 2.28. The molecule has 2 aliphatic rings. The van der Waals surface area contributed by atoms with Gasteiger partial charge in [0, 0.05) is 12.6 Å². The predicted octanol–water partition coefficient (Wildman–Crippen LogP) is -1.25. The smallest absolute Gasteiger partial charge is 0.0518 e. The summed E-state index contributed by atoms with van der Waals surface area (Å²) in [5, 5.41) is 3.31. The fourth-order valence-corrected chi connectivity index (χ4v) is 1.41. The van der Waals surface area contributed by atoms with Crippen LogP contribution >= 0.6 is 12.4 Å². The average molecular weight is 165 g/mol. The summed E-state index contributed by atoms with van der Waals surface area (Å²) in [5.74, 6) is 0. The predicted molar refractivity (Wildman–Crippen MR) is 41.7 cm³/mol. The molecule has 0 spiro atoms. The summed E-state index contributed by atoms with van der Waals surface area (Å²) >= 11 is 0. The first-order valence-electron chi connectivity index (χ1n) is 3.43. The van der Waals surface area contributed by atoms with Gasteiger partial charge in [-0.15, -0.1) is 12.4 Å². The molecule has 4 N–H and O–H groups in total. The number of hydrazine groups is 2. The van der Waals surface area contributed by atoms with Crippen LogP contribution in [-0.2, 0) is 0 Å². The van der Waals surface area contributed by atoms with Gasteiger partial charge in [-0.25, -0.2) is 10.9 Å². The second-order valence-corrected chi connectivity index (χ2v) is 2.62. The minimum atomic E-state index is 0. The van der Waals surface area contributed by atoms with E-state index in [1.165, 1.54) is 6.42 Å². The molecule has 0 amide bonds. The molecular formula is C5H13ClN4. The van der Waals surface area contributed by atoms with Crippen molar-refractivity contribution in [2.45, 2.75) is 18.5 Å². The normalized spacial score (nSPS) is 38.4. The summed E-state index contributed by atoms with van der Waals surface area (Å²) in [6, 6.07) is 1.21. The van der Waals surface area contributed by atoms with E-state index in [9.17, 15) is 0 Å². The van der Waals surface area contributed by atoms with Crippen LogP contribution in [0.15, 0.2) is 0 Å². The van der Waals surface area contributed by atoms with Crippen LogP contribution in [0.2, 0.25) is 0 Å². The number of nitrogens with one attached hydrogen (secondary N) is 4. The largest absolute Gasteiger partial charge is 0.315 e. The molecule has 2 aliphatic heterocycles. The summed E-state index contributed by atoms with van der Waals surface area (Å²) in [5.41, 5.74) is 9.22. The van der Waals surface area contributed by atoms with Gasteiger partial charge >= 0.3 is 0 Å². The quantitative estimate of drug-likeness (QED) is 0.362. The van der Waals surface area contributed by atoms with E-state index in [1.54, 1.807) is 0 Å². The molecular weight excluding hydrogens is 152 g/mol. The molecule has 2 saturated heterocycles. The summed E-state index contributed by atoms with van der Waals surface area (Å²) in [6.07, 6.45) is 1.21. The minimum Gasteiger partial charge on any atom is -0.315 e. The van der Waals surface area contributed by atoms with Crippen molar-refractivity contribution in [1.29, 1.82) is 0 Å². The van der Waals surface area contributed by atoms with E-state index in [2.05, 4.69) is 21.7 Å². The van der Waals surface area contributed by atoms with Gasteiger partial charge < -0.3 is 5.32 Å². The Morgan fingerprint density at radius 1 is 1.10 bits per heavy atom. The Bertz CT molecular complexity index is 97.8. The van der Waals surface area contributed by atoms with Gasteiger partial charge in [0.1, 0.15) is 0 Å². The number of piperidine rings is 1. The molecule has 2 fully saturated rings. The van der Waals surface area contributed by atoms with E-state index < -0.39 is 0 Å². The molecule has 10 heavy (non-hydrogen) atoms. The van der Waals surface area contributed by atoms with Crippen LogP contribution in [0.3, 0.4) is 0 Å². The maximum Gasteiger partial charge on any atom is 0.0518 e. The van der Waals surface area contributed by atoms with Gasteiger partial charge in [-0.3, -0.25) is 0 Å². The monoisotopic (exact) mass is 164 g/mol. The molecule has 0 radical (unpaired) electrons. The Labute approximate surface area is 66.5 Å². The lowest BCUT2D eigenvalue weighted by molar-refractivity contribution is 0.391. The van der Waals surface area contributed by atoms with Crippen molar-refractivity contribution in [3.63, 3.8) is 0 Å². The Kier molecular flexibility index (Phi) is 2.88. The zero-order chi connectivity index (χ0) is 6.10. The standard InChI is InChI=1S/C5H12N4.ClH/c1-2-6-3-5-4(1)7-9-8-5;/h4-9H,1-3H2;1H. The first-order chi connectivity index (χ1) is 4.47. The van der Waals surface area contributed by atoms with E-state index in [-0.39, 0.29) is 12.4 Å². The van der Waals surface area contributed by atoms with Crippen molar-refractivity contribution in [3.8, 4) is 0 Å².